The van der Waals surface area contributed by atoms with Gasteiger partial charge in [-0.05, 0) is 25.1 Å². The molecule has 2 aromatic rings. The van der Waals surface area contributed by atoms with E-state index < -0.39 is 0 Å². The molecule has 0 aliphatic heterocycles. The molecular formula is C12H14ClN3OS2. The molecule has 0 radical (unpaired) electrons. The molecule has 2 heterocycles. The number of nitrogens with zero attached hydrogens (tertiary/aromatic N) is 1. The summed E-state index contributed by atoms with van der Waals surface area (Å²) < 4.78 is 0.742. The lowest BCUT2D eigenvalue weighted by atomic mass is 10.3. The van der Waals surface area contributed by atoms with Crippen LogP contribution in [0.3, 0.4) is 0 Å². The van der Waals surface area contributed by atoms with Gasteiger partial charge in [-0.3, -0.25) is 4.79 Å². The molecule has 0 bridgehead atoms. The lowest BCUT2D eigenvalue weighted by molar-refractivity contribution is -0.120. The molecule has 7 heteroatoms. The molecule has 0 aliphatic carbocycles. The molecule has 0 fully saturated rings. The number of hydrogen-bond acceptors (Lipinski definition) is 5. The lowest BCUT2D eigenvalue weighted by Gasteiger charge is -2.01. The normalized spacial score (nSPS) is 10.6. The van der Waals surface area contributed by atoms with Crippen LogP contribution in [0.25, 0.3) is 9.88 Å². The minimum absolute atomic E-state index is 0.0190. The van der Waals surface area contributed by atoms with Crippen LogP contribution in [0, 0.1) is 0 Å². The molecule has 0 spiro atoms. The molecule has 0 atom stereocenters. The van der Waals surface area contributed by atoms with Crippen molar-refractivity contribution < 1.29 is 4.79 Å². The van der Waals surface area contributed by atoms with Crippen LogP contribution in [0.4, 0.5) is 0 Å². The number of carbonyl (C=O) groups excluding carboxylic acids is 1. The maximum absolute atomic E-state index is 11.6. The van der Waals surface area contributed by atoms with Gasteiger partial charge in [-0.1, -0.05) is 11.6 Å². The van der Waals surface area contributed by atoms with Crippen LogP contribution in [0.2, 0.25) is 4.34 Å². The highest BCUT2D eigenvalue weighted by molar-refractivity contribution is 7.23. The molecule has 19 heavy (non-hydrogen) atoms. The second-order valence-electron chi connectivity index (χ2n) is 3.92. The Morgan fingerprint density at radius 3 is 3.00 bits per heavy atom. The maximum atomic E-state index is 11.6. The number of amides is 1. The van der Waals surface area contributed by atoms with Crippen LogP contribution in [0.1, 0.15) is 12.1 Å². The summed E-state index contributed by atoms with van der Waals surface area (Å²) in [6.07, 6.45) is 1.10. The van der Waals surface area contributed by atoms with E-state index in [4.69, 9.17) is 17.3 Å². The van der Waals surface area contributed by atoms with Gasteiger partial charge in [0.1, 0.15) is 5.01 Å². The van der Waals surface area contributed by atoms with Crippen molar-refractivity contribution in [2.75, 3.05) is 13.1 Å². The molecule has 4 nitrogen and oxygen atoms in total. The monoisotopic (exact) mass is 315 g/mol. The fourth-order valence-electron chi connectivity index (χ4n) is 1.49. The van der Waals surface area contributed by atoms with E-state index in [1.54, 1.807) is 0 Å². The summed E-state index contributed by atoms with van der Waals surface area (Å²) in [6.45, 7) is 1.20. The number of rotatable bonds is 6. The first-order chi connectivity index (χ1) is 9.19. The van der Waals surface area contributed by atoms with Gasteiger partial charge in [0.15, 0.2) is 0 Å². The molecule has 2 rings (SSSR count). The second-order valence-corrected chi connectivity index (χ2v) is 6.49. The third kappa shape index (κ3) is 4.28. The van der Waals surface area contributed by atoms with Gasteiger partial charge in [-0.15, -0.1) is 22.7 Å². The minimum Gasteiger partial charge on any atom is -0.356 e. The van der Waals surface area contributed by atoms with Crippen molar-refractivity contribution in [2.24, 2.45) is 5.73 Å². The van der Waals surface area contributed by atoms with Gasteiger partial charge in [-0.25, -0.2) is 4.98 Å². The Balaban J connectivity index is 1.92. The summed E-state index contributed by atoms with van der Waals surface area (Å²) in [5.41, 5.74) is 6.15. The van der Waals surface area contributed by atoms with E-state index in [0.717, 1.165) is 26.3 Å². The third-order valence-electron chi connectivity index (χ3n) is 2.38. The molecule has 3 N–H and O–H groups in total. The van der Waals surface area contributed by atoms with E-state index in [-0.39, 0.29) is 5.91 Å². The zero-order valence-electron chi connectivity index (χ0n) is 10.2. The Morgan fingerprint density at radius 1 is 1.47 bits per heavy atom. The van der Waals surface area contributed by atoms with Crippen molar-refractivity contribution >= 4 is 40.2 Å². The largest absolute Gasteiger partial charge is 0.356 e. The van der Waals surface area contributed by atoms with E-state index >= 15 is 0 Å². The van der Waals surface area contributed by atoms with E-state index in [9.17, 15) is 4.79 Å². The lowest BCUT2D eigenvalue weighted by Crippen LogP contribution is -2.27. The van der Waals surface area contributed by atoms with E-state index in [1.165, 1.54) is 22.7 Å². The predicted octanol–water partition coefficient (Wildman–Crippen LogP) is 2.53. The zero-order chi connectivity index (χ0) is 13.7. The van der Waals surface area contributed by atoms with Crippen LogP contribution in [0.5, 0.6) is 0 Å². The van der Waals surface area contributed by atoms with Gasteiger partial charge in [0.2, 0.25) is 5.91 Å². The highest BCUT2D eigenvalue weighted by Crippen LogP contribution is 2.32. The number of thiazole rings is 1. The van der Waals surface area contributed by atoms with E-state index in [1.807, 2.05) is 17.5 Å². The molecule has 0 saturated carbocycles. The number of nitrogens with two attached hydrogens (primary N) is 1. The molecular weight excluding hydrogens is 302 g/mol. The SMILES string of the molecule is NCCCNC(=O)Cc1csc(-c2ccc(Cl)s2)n1. The smallest absolute Gasteiger partial charge is 0.226 e. The Bertz CT molecular complexity index is 553. The van der Waals surface area contributed by atoms with Crippen LogP contribution >= 0.6 is 34.3 Å². The number of halogens is 1. The molecule has 1 amide bonds. The first kappa shape index (κ1) is 14.5. The van der Waals surface area contributed by atoms with Crippen LogP contribution < -0.4 is 11.1 Å². The Kier molecular flexibility index (Phi) is 5.33. The third-order valence-corrected chi connectivity index (χ3v) is 4.67. The van der Waals surface area contributed by atoms with Crippen molar-refractivity contribution in [1.29, 1.82) is 0 Å². The fraction of sp³-hybridized carbons (Fsp3) is 0.333. The molecule has 102 valence electrons. The predicted molar refractivity (Wildman–Crippen MR) is 80.8 cm³/mol. The van der Waals surface area contributed by atoms with Gasteiger partial charge in [0, 0.05) is 11.9 Å². The van der Waals surface area contributed by atoms with E-state index in [2.05, 4.69) is 10.3 Å². The molecule has 2 aromatic heterocycles. The summed E-state index contributed by atoms with van der Waals surface area (Å²) in [6, 6.07) is 3.79. The highest BCUT2D eigenvalue weighted by Gasteiger charge is 2.10. The number of carbonyl (C=O) groups is 1. The van der Waals surface area contributed by atoms with Crippen molar-refractivity contribution in [1.82, 2.24) is 10.3 Å². The summed E-state index contributed by atoms with van der Waals surface area (Å²) in [5.74, 6) is -0.0190. The Morgan fingerprint density at radius 2 is 2.32 bits per heavy atom. The summed E-state index contributed by atoms with van der Waals surface area (Å²) in [5, 5.41) is 5.62. The first-order valence-corrected chi connectivity index (χ1v) is 7.93. The van der Waals surface area contributed by atoms with Gasteiger partial charge in [0.05, 0.1) is 21.3 Å². The van der Waals surface area contributed by atoms with Crippen LogP contribution in [-0.4, -0.2) is 24.0 Å². The summed E-state index contributed by atoms with van der Waals surface area (Å²) >= 11 is 8.91. The second kappa shape index (κ2) is 7.00. The Hall–Kier alpha value is -0.950. The first-order valence-electron chi connectivity index (χ1n) is 5.86. The van der Waals surface area contributed by atoms with Crippen molar-refractivity contribution in [2.45, 2.75) is 12.8 Å². The van der Waals surface area contributed by atoms with Gasteiger partial charge in [0.25, 0.3) is 0 Å². The van der Waals surface area contributed by atoms with Crippen molar-refractivity contribution in [3.8, 4) is 9.88 Å². The zero-order valence-corrected chi connectivity index (χ0v) is 12.6. The standard InChI is InChI=1S/C12H14ClN3OS2/c13-10-3-2-9(19-10)12-16-8(7-18-12)6-11(17)15-5-1-4-14/h2-3,7H,1,4-6,14H2,(H,15,17). The molecule has 0 aromatic carbocycles. The average Bonchev–Trinajstić information content (AvgIpc) is 2.98. The van der Waals surface area contributed by atoms with Crippen molar-refractivity contribution in [3.05, 3.63) is 27.5 Å². The molecule has 0 aliphatic rings. The van der Waals surface area contributed by atoms with E-state index in [0.29, 0.717) is 19.5 Å². The summed E-state index contributed by atoms with van der Waals surface area (Å²) in [7, 11) is 0. The van der Waals surface area contributed by atoms with Crippen LogP contribution in [-0.2, 0) is 11.2 Å². The quantitative estimate of drug-likeness (QED) is 0.805. The van der Waals surface area contributed by atoms with Gasteiger partial charge in [-0.2, -0.15) is 0 Å². The number of aromatic nitrogens is 1. The molecule has 0 saturated heterocycles. The van der Waals surface area contributed by atoms with Gasteiger partial charge >= 0.3 is 0 Å². The van der Waals surface area contributed by atoms with Crippen molar-refractivity contribution in [3.63, 3.8) is 0 Å². The minimum atomic E-state index is -0.0190. The number of nitrogens with one attached hydrogen (secondary N) is 1. The number of thiophene rings is 1. The van der Waals surface area contributed by atoms with Gasteiger partial charge < -0.3 is 11.1 Å². The maximum Gasteiger partial charge on any atom is 0.226 e. The fourth-order valence-corrected chi connectivity index (χ4v) is 3.42. The average molecular weight is 316 g/mol. The summed E-state index contributed by atoms with van der Waals surface area (Å²) in [4.78, 5) is 17.1. The van der Waals surface area contributed by atoms with Crippen LogP contribution in [0.15, 0.2) is 17.5 Å². The molecule has 0 unspecified atom stereocenters. The Labute approximate surface area is 124 Å². The highest BCUT2D eigenvalue weighted by atomic mass is 35.5. The topological polar surface area (TPSA) is 68.0 Å². The number of hydrogen-bond donors (Lipinski definition) is 2.